The number of hydrogen-bond acceptors (Lipinski definition) is 7. The summed E-state index contributed by atoms with van der Waals surface area (Å²) in [4.78, 5) is 12.4. The van der Waals surface area contributed by atoms with Gasteiger partial charge in [0.1, 0.15) is 5.75 Å². The molecule has 0 bridgehead atoms. The van der Waals surface area contributed by atoms with Crippen LogP contribution in [0.15, 0.2) is 66.7 Å². The number of aryl methyl sites for hydroxylation is 1. The Hall–Kier alpha value is -2.82. The largest absolute Gasteiger partial charge is 0.490 e. The summed E-state index contributed by atoms with van der Waals surface area (Å²) in [6, 6.07) is 20.5. The first-order valence-electron chi connectivity index (χ1n) is 12.2. The summed E-state index contributed by atoms with van der Waals surface area (Å²) in [5.74, 6) is -0.403. The molecular formula is C28H37Cl2N3O5S. The van der Waals surface area contributed by atoms with Crippen LogP contribution in [0.1, 0.15) is 47.9 Å². The number of hydrogen-bond donors (Lipinski definition) is 4. The van der Waals surface area contributed by atoms with Gasteiger partial charge in [-0.15, -0.1) is 24.8 Å². The molecule has 8 nitrogen and oxygen atoms in total. The Kier molecular flexibility index (Phi) is 13.8. The quantitative estimate of drug-likeness (QED) is 0.178. The van der Waals surface area contributed by atoms with Crippen molar-refractivity contribution in [2.24, 2.45) is 0 Å². The topological polar surface area (TPSA) is 131 Å². The maximum Gasteiger partial charge on any atom is 0.268 e. The maximum atomic E-state index is 12.4. The van der Waals surface area contributed by atoms with Crippen molar-refractivity contribution in [1.82, 2.24) is 10.0 Å². The van der Waals surface area contributed by atoms with Gasteiger partial charge in [0, 0.05) is 12.2 Å². The van der Waals surface area contributed by atoms with Crippen molar-refractivity contribution >= 4 is 46.4 Å². The number of nitrogens with one attached hydrogen (secondary N) is 2. The van der Waals surface area contributed by atoms with Crippen LogP contribution in [0.25, 0.3) is 11.1 Å². The molecule has 0 spiro atoms. The molecule has 3 aromatic rings. The average Bonchev–Trinajstić information content (AvgIpc) is 2.83. The average molecular weight is 599 g/mol. The Balaban J connectivity index is 0.00000380. The van der Waals surface area contributed by atoms with Crippen molar-refractivity contribution in [1.29, 1.82) is 0 Å². The number of nitrogen functional groups attached to an aromatic ring is 1. The Morgan fingerprint density at radius 3 is 2.18 bits per heavy atom. The zero-order valence-corrected chi connectivity index (χ0v) is 24.7. The number of halogens is 2. The minimum atomic E-state index is -3.69. The monoisotopic (exact) mass is 597 g/mol. The van der Waals surface area contributed by atoms with Gasteiger partial charge in [0.15, 0.2) is 0 Å². The first-order valence-corrected chi connectivity index (χ1v) is 14.1. The van der Waals surface area contributed by atoms with Gasteiger partial charge in [-0.1, -0.05) is 42.5 Å². The molecule has 214 valence electrons. The van der Waals surface area contributed by atoms with Crippen LogP contribution in [0.4, 0.5) is 5.69 Å². The van der Waals surface area contributed by atoms with Crippen LogP contribution in [0.3, 0.4) is 0 Å². The van der Waals surface area contributed by atoms with E-state index < -0.39 is 22.0 Å². The van der Waals surface area contributed by atoms with Gasteiger partial charge < -0.3 is 20.9 Å². The fourth-order valence-electron chi connectivity index (χ4n) is 3.82. The molecule has 0 aliphatic carbocycles. The van der Waals surface area contributed by atoms with Crippen LogP contribution >= 0.6 is 24.8 Å². The van der Waals surface area contributed by atoms with Gasteiger partial charge in [0.25, 0.3) is 5.91 Å². The molecule has 0 fully saturated rings. The van der Waals surface area contributed by atoms with E-state index in [-0.39, 0.29) is 36.5 Å². The number of benzene rings is 3. The van der Waals surface area contributed by atoms with Gasteiger partial charge in [-0.05, 0) is 79.8 Å². The van der Waals surface area contributed by atoms with Crippen LogP contribution in [0.5, 0.6) is 5.75 Å². The second-order valence-electron chi connectivity index (χ2n) is 9.27. The smallest absolute Gasteiger partial charge is 0.268 e. The first-order chi connectivity index (χ1) is 17.5. The normalized spacial score (nSPS) is 11.7. The summed E-state index contributed by atoms with van der Waals surface area (Å²) in [5, 5.41) is 13.6. The van der Waals surface area contributed by atoms with E-state index in [1.165, 1.54) is 5.56 Å². The van der Waals surface area contributed by atoms with Gasteiger partial charge in [0.2, 0.25) is 10.0 Å². The van der Waals surface area contributed by atoms with E-state index in [1.807, 2.05) is 42.8 Å². The molecule has 3 aromatic carbocycles. The Morgan fingerprint density at radius 1 is 0.974 bits per heavy atom. The highest BCUT2D eigenvalue weighted by molar-refractivity contribution is 7.89. The molecule has 39 heavy (non-hydrogen) atoms. The molecule has 0 aliphatic rings. The lowest BCUT2D eigenvalue weighted by Gasteiger charge is -2.15. The zero-order chi connectivity index (χ0) is 27.0. The van der Waals surface area contributed by atoms with Crippen LogP contribution < -0.4 is 20.5 Å². The number of rotatable bonds is 12. The summed E-state index contributed by atoms with van der Waals surface area (Å²) in [5.41, 5.74) is 10.4. The van der Waals surface area contributed by atoms with Crippen LogP contribution in [-0.4, -0.2) is 44.9 Å². The van der Waals surface area contributed by atoms with Crippen LogP contribution in [0, 0.1) is 0 Å². The molecule has 11 heteroatoms. The van der Waals surface area contributed by atoms with Gasteiger partial charge in [-0.25, -0.2) is 13.1 Å². The number of nitrogens with two attached hydrogens (primary N) is 1. The van der Waals surface area contributed by atoms with Crippen LogP contribution in [0.2, 0.25) is 0 Å². The number of aliphatic hydroxyl groups is 1. The van der Waals surface area contributed by atoms with E-state index in [2.05, 4.69) is 17.4 Å². The predicted octanol–water partition coefficient (Wildman–Crippen LogP) is 4.51. The number of aliphatic hydroxyl groups excluding tert-OH is 1. The summed E-state index contributed by atoms with van der Waals surface area (Å²) < 4.78 is 30.8. The lowest BCUT2D eigenvalue weighted by atomic mass is 10.00. The number of amides is 1. The third kappa shape index (κ3) is 11.1. The first kappa shape index (κ1) is 34.2. The molecule has 0 unspecified atom stereocenters. The van der Waals surface area contributed by atoms with E-state index >= 15 is 0 Å². The minimum Gasteiger partial charge on any atom is -0.490 e. The highest BCUT2D eigenvalue weighted by Gasteiger charge is 2.18. The molecule has 3 rings (SSSR count). The third-order valence-corrected chi connectivity index (χ3v) is 6.19. The highest BCUT2D eigenvalue weighted by atomic mass is 35.5. The van der Waals surface area contributed by atoms with Gasteiger partial charge in [0.05, 0.1) is 24.0 Å². The van der Waals surface area contributed by atoms with Crippen molar-refractivity contribution in [2.75, 3.05) is 25.1 Å². The lowest BCUT2D eigenvalue weighted by molar-refractivity contribution is 0.0976. The molecule has 1 amide bonds. The summed E-state index contributed by atoms with van der Waals surface area (Å²) in [6.45, 7) is 4.93. The van der Waals surface area contributed by atoms with Gasteiger partial charge in [-0.3, -0.25) is 4.79 Å². The van der Waals surface area contributed by atoms with E-state index in [4.69, 9.17) is 10.5 Å². The Morgan fingerprint density at radius 2 is 1.59 bits per heavy atom. The van der Waals surface area contributed by atoms with Crippen molar-refractivity contribution in [2.45, 2.75) is 38.9 Å². The zero-order valence-electron chi connectivity index (χ0n) is 22.2. The molecule has 0 aromatic heterocycles. The van der Waals surface area contributed by atoms with Gasteiger partial charge >= 0.3 is 0 Å². The number of ether oxygens (including phenoxy) is 1. The van der Waals surface area contributed by atoms with Gasteiger partial charge in [-0.2, -0.15) is 0 Å². The molecule has 5 N–H and O–H groups in total. The fraction of sp³-hybridized carbons (Fsp3) is 0.321. The van der Waals surface area contributed by atoms with Crippen molar-refractivity contribution in [3.8, 4) is 16.9 Å². The fourth-order valence-corrected chi connectivity index (χ4v) is 4.27. The van der Waals surface area contributed by atoms with E-state index in [0.717, 1.165) is 42.3 Å². The molecule has 0 saturated heterocycles. The molecule has 0 saturated carbocycles. The lowest BCUT2D eigenvalue weighted by Crippen LogP contribution is -2.30. The van der Waals surface area contributed by atoms with E-state index in [9.17, 15) is 18.3 Å². The third-order valence-electron chi connectivity index (χ3n) is 5.63. The Labute approximate surface area is 243 Å². The highest BCUT2D eigenvalue weighted by Crippen LogP contribution is 2.29. The van der Waals surface area contributed by atoms with E-state index in [1.54, 1.807) is 30.3 Å². The standard InChI is InChI=1S/C28H35N3O5S.2ClH/c1-19(2)36-27-17-23(12-15-25(27)28(33)31-37(3,34)35)21-8-6-20(7-9-21)5-4-16-30-18-26(32)22-10-13-24(29)14-11-22;;/h6-15,17,19,26,30,32H,4-5,16,18,29H2,1-3H3,(H,31,33);2*1H/t26-;;/m0../s1. The van der Waals surface area contributed by atoms with Crippen molar-refractivity contribution in [3.05, 3.63) is 83.4 Å². The van der Waals surface area contributed by atoms with E-state index in [0.29, 0.717) is 18.0 Å². The molecule has 0 aliphatic heterocycles. The molecule has 0 radical (unpaired) electrons. The molecule has 1 atom stereocenters. The van der Waals surface area contributed by atoms with Crippen LogP contribution in [-0.2, 0) is 16.4 Å². The SMILES string of the molecule is CC(C)Oc1cc(-c2ccc(CCCNC[C@H](O)c3ccc(N)cc3)cc2)ccc1C(=O)NS(C)(=O)=O.Cl.Cl. The number of sulfonamides is 1. The van der Waals surface area contributed by atoms with Crippen molar-refractivity contribution in [3.63, 3.8) is 0 Å². The number of carbonyl (C=O) groups is 1. The summed E-state index contributed by atoms with van der Waals surface area (Å²) in [6.07, 6.45) is 1.98. The molecular weight excluding hydrogens is 561 g/mol. The van der Waals surface area contributed by atoms with Crippen molar-refractivity contribution < 1.29 is 23.1 Å². The Bertz CT molecular complexity index is 1300. The number of anilines is 1. The summed E-state index contributed by atoms with van der Waals surface area (Å²) >= 11 is 0. The second kappa shape index (κ2) is 15.7. The maximum absolute atomic E-state index is 12.4. The number of carbonyl (C=O) groups excluding carboxylic acids is 1. The minimum absolute atomic E-state index is 0. The summed E-state index contributed by atoms with van der Waals surface area (Å²) in [7, 11) is -3.69. The predicted molar refractivity (Wildman–Crippen MR) is 161 cm³/mol. The molecule has 0 heterocycles. The second-order valence-corrected chi connectivity index (χ2v) is 11.0.